The lowest BCUT2D eigenvalue weighted by atomic mass is 9.76. The molecule has 112 valence electrons. The first-order chi connectivity index (χ1) is 9.83. The van der Waals surface area contributed by atoms with Crippen molar-refractivity contribution in [2.75, 3.05) is 13.2 Å². The summed E-state index contributed by atoms with van der Waals surface area (Å²) in [7, 11) is -0.311. The number of hydrogen-bond acceptors (Lipinski definition) is 4. The van der Waals surface area contributed by atoms with E-state index in [-0.39, 0.29) is 23.9 Å². The Hall–Kier alpha value is -0.875. The number of ether oxygens (including phenoxy) is 2. The van der Waals surface area contributed by atoms with E-state index in [9.17, 15) is 0 Å². The lowest BCUT2D eigenvalue weighted by Crippen LogP contribution is -2.46. The third-order valence-corrected chi connectivity index (χ3v) is 5.32. The zero-order valence-corrected chi connectivity index (χ0v) is 13.1. The van der Waals surface area contributed by atoms with E-state index in [2.05, 4.69) is 45.9 Å². The molecule has 4 rings (SSSR count). The monoisotopic (exact) mass is 288 g/mol. The molecular weight excluding hydrogens is 267 g/mol. The second-order valence-electron chi connectivity index (χ2n) is 7.28. The van der Waals surface area contributed by atoms with Crippen molar-refractivity contribution in [2.45, 2.75) is 51.1 Å². The molecular formula is C16H21BO4. The first-order valence-electron chi connectivity index (χ1n) is 7.54. The van der Waals surface area contributed by atoms with Crippen molar-refractivity contribution in [2.24, 2.45) is 0 Å². The highest BCUT2D eigenvalue weighted by molar-refractivity contribution is 6.62. The van der Waals surface area contributed by atoms with Crippen molar-refractivity contribution in [3.63, 3.8) is 0 Å². The van der Waals surface area contributed by atoms with Crippen molar-refractivity contribution >= 4 is 12.6 Å². The van der Waals surface area contributed by atoms with Crippen LogP contribution in [-0.2, 0) is 31.0 Å². The van der Waals surface area contributed by atoms with E-state index in [4.69, 9.17) is 18.8 Å². The average molecular weight is 288 g/mol. The fourth-order valence-electron chi connectivity index (χ4n) is 3.12. The van der Waals surface area contributed by atoms with Crippen LogP contribution < -0.4 is 5.46 Å². The maximum absolute atomic E-state index is 6.11. The lowest BCUT2D eigenvalue weighted by molar-refractivity contribution is -0.209. The normalized spacial score (nSPS) is 27.7. The Morgan fingerprint density at radius 2 is 1.67 bits per heavy atom. The first-order valence-corrected chi connectivity index (χ1v) is 7.54. The van der Waals surface area contributed by atoms with Crippen LogP contribution in [-0.4, -0.2) is 31.5 Å². The van der Waals surface area contributed by atoms with E-state index in [0.717, 1.165) is 5.46 Å². The zero-order valence-electron chi connectivity index (χ0n) is 13.1. The summed E-state index contributed by atoms with van der Waals surface area (Å²) in [6.07, 6.45) is 0. The number of rotatable bonds is 1. The third-order valence-electron chi connectivity index (χ3n) is 5.32. The molecule has 0 amide bonds. The molecule has 21 heavy (non-hydrogen) atoms. The summed E-state index contributed by atoms with van der Waals surface area (Å²) < 4.78 is 23.5. The van der Waals surface area contributed by atoms with Gasteiger partial charge in [-0.05, 0) is 44.3 Å². The smallest absolute Gasteiger partial charge is 0.399 e. The summed E-state index contributed by atoms with van der Waals surface area (Å²) in [5, 5.41) is 0. The molecule has 1 aromatic rings. The molecule has 1 spiro atoms. The van der Waals surface area contributed by atoms with Crippen molar-refractivity contribution in [1.29, 1.82) is 0 Å². The fraction of sp³-hybridized carbons (Fsp3) is 0.625. The van der Waals surface area contributed by atoms with E-state index < -0.39 is 0 Å². The molecule has 0 radical (unpaired) electrons. The summed E-state index contributed by atoms with van der Waals surface area (Å²) in [5.74, 6) is 0. The van der Waals surface area contributed by atoms with Crippen LogP contribution in [0.25, 0.3) is 0 Å². The Kier molecular flexibility index (Phi) is 2.69. The number of fused-ring (bicyclic) bond motifs is 2. The first kappa shape index (κ1) is 13.8. The summed E-state index contributed by atoms with van der Waals surface area (Å²) >= 11 is 0. The second-order valence-corrected chi connectivity index (χ2v) is 7.28. The van der Waals surface area contributed by atoms with Crippen LogP contribution >= 0.6 is 0 Å². The van der Waals surface area contributed by atoms with Crippen LogP contribution in [0, 0.1) is 0 Å². The van der Waals surface area contributed by atoms with E-state index >= 15 is 0 Å². The van der Waals surface area contributed by atoms with E-state index in [0.29, 0.717) is 19.8 Å². The van der Waals surface area contributed by atoms with Crippen molar-refractivity contribution in [1.82, 2.24) is 0 Å². The Labute approximate surface area is 125 Å². The molecule has 0 aromatic heterocycles. The van der Waals surface area contributed by atoms with Gasteiger partial charge in [0.05, 0.1) is 31.0 Å². The lowest BCUT2D eigenvalue weighted by Gasteiger charge is -2.37. The van der Waals surface area contributed by atoms with Gasteiger partial charge in [-0.2, -0.15) is 0 Å². The molecule has 2 saturated heterocycles. The van der Waals surface area contributed by atoms with Crippen LogP contribution in [0.2, 0.25) is 0 Å². The number of benzene rings is 1. The minimum Gasteiger partial charge on any atom is -0.399 e. The molecule has 0 unspecified atom stereocenters. The van der Waals surface area contributed by atoms with E-state index in [1.54, 1.807) is 0 Å². The van der Waals surface area contributed by atoms with Crippen molar-refractivity contribution < 1.29 is 18.8 Å². The molecule has 0 saturated carbocycles. The van der Waals surface area contributed by atoms with Crippen LogP contribution in [0.3, 0.4) is 0 Å². The summed E-state index contributed by atoms with van der Waals surface area (Å²) in [6, 6.07) is 6.39. The van der Waals surface area contributed by atoms with Crippen LogP contribution in [0.1, 0.15) is 38.8 Å². The summed E-state index contributed by atoms with van der Waals surface area (Å²) in [4.78, 5) is 0. The summed E-state index contributed by atoms with van der Waals surface area (Å²) in [6.45, 7) is 10.3. The van der Waals surface area contributed by atoms with Gasteiger partial charge < -0.3 is 18.8 Å². The van der Waals surface area contributed by atoms with Gasteiger partial charge in [0.2, 0.25) is 0 Å². The van der Waals surface area contributed by atoms with Gasteiger partial charge in [0, 0.05) is 0 Å². The molecule has 3 aliphatic rings. The van der Waals surface area contributed by atoms with Gasteiger partial charge in [-0.15, -0.1) is 0 Å². The summed E-state index contributed by atoms with van der Waals surface area (Å²) in [5.41, 5.74) is 2.74. The van der Waals surface area contributed by atoms with Gasteiger partial charge in [-0.25, -0.2) is 0 Å². The fourth-order valence-corrected chi connectivity index (χ4v) is 3.12. The molecule has 2 fully saturated rings. The van der Waals surface area contributed by atoms with Crippen LogP contribution in [0.15, 0.2) is 18.2 Å². The van der Waals surface area contributed by atoms with Gasteiger partial charge in [0.1, 0.15) is 5.60 Å². The average Bonchev–Trinajstić information content (AvgIpc) is 2.84. The third kappa shape index (κ3) is 1.85. The largest absolute Gasteiger partial charge is 0.494 e. The minimum absolute atomic E-state index is 0.191. The van der Waals surface area contributed by atoms with Crippen molar-refractivity contribution in [3.8, 4) is 0 Å². The topological polar surface area (TPSA) is 36.9 Å². The Morgan fingerprint density at radius 1 is 1.00 bits per heavy atom. The minimum atomic E-state index is -0.311. The van der Waals surface area contributed by atoms with Crippen LogP contribution in [0.4, 0.5) is 0 Å². The maximum atomic E-state index is 6.11. The predicted molar refractivity (Wildman–Crippen MR) is 79.4 cm³/mol. The SMILES string of the molecule is CC1(C)OB(c2ccc3c(c2)COC32COC2)OC1(C)C. The van der Waals surface area contributed by atoms with Gasteiger partial charge in [0.25, 0.3) is 0 Å². The molecule has 0 atom stereocenters. The van der Waals surface area contributed by atoms with Gasteiger partial charge in [0.15, 0.2) is 0 Å². The highest BCUT2D eigenvalue weighted by Crippen LogP contribution is 2.42. The van der Waals surface area contributed by atoms with Gasteiger partial charge in [-0.3, -0.25) is 0 Å². The molecule has 3 aliphatic heterocycles. The quantitative estimate of drug-likeness (QED) is 0.738. The molecule has 0 aliphatic carbocycles. The molecule has 4 nitrogen and oxygen atoms in total. The highest BCUT2D eigenvalue weighted by Gasteiger charge is 2.52. The Balaban J connectivity index is 1.64. The maximum Gasteiger partial charge on any atom is 0.494 e. The predicted octanol–water partition coefficient (Wildman–Crippen LogP) is 1.74. The second kappa shape index (κ2) is 4.10. The van der Waals surface area contributed by atoms with Gasteiger partial charge in [-0.1, -0.05) is 18.2 Å². The Morgan fingerprint density at radius 3 is 2.24 bits per heavy atom. The van der Waals surface area contributed by atoms with Crippen LogP contribution in [0.5, 0.6) is 0 Å². The molecule has 0 N–H and O–H groups in total. The molecule has 0 bridgehead atoms. The zero-order chi connectivity index (χ0) is 14.9. The van der Waals surface area contributed by atoms with E-state index in [1.165, 1.54) is 11.1 Å². The van der Waals surface area contributed by atoms with Gasteiger partial charge >= 0.3 is 7.12 Å². The van der Waals surface area contributed by atoms with E-state index in [1.807, 2.05) is 0 Å². The highest BCUT2D eigenvalue weighted by atomic mass is 16.7. The molecule has 1 aromatic carbocycles. The van der Waals surface area contributed by atoms with Crippen molar-refractivity contribution in [3.05, 3.63) is 29.3 Å². The number of hydrogen-bond donors (Lipinski definition) is 0. The molecule has 3 heterocycles. The molecule has 5 heteroatoms. The Bertz CT molecular complexity index is 576. The standard InChI is InChI=1S/C16H21BO4/c1-14(2)15(3,4)21-17(20-14)12-5-6-13-11(7-12)8-19-16(13)9-18-10-16/h5-7H,8-10H2,1-4H3.